The average Bonchev–Trinajstić information content (AvgIpc) is 2.44. The van der Waals surface area contributed by atoms with Crippen LogP contribution in [0.25, 0.3) is 0 Å². The lowest BCUT2D eigenvalue weighted by Gasteiger charge is -2.27. The molecule has 0 spiro atoms. The number of anilines is 1. The highest BCUT2D eigenvalue weighted by Gasteiger charge is 2.28. The number of amides is 2. The summed E-state index contributed by atoms with van der Waals surface area (Å²) in [5.74, 6) is -0.529. The van der Waals surface area contributed by atoms with E-state index in [-0.39, 0.29) is 6.61 Å². The molecule has 0 radical (unpaired) electrons. The van der Waals surface area contributed by atoms with E-state index in [0.717, 1.165) is 16.8 Å². The number of rotatable bonds is 5. The number of aryl methyl sites for hydroxylation is 2. The molecule has 0 saturated heterocycles. The topological polar surface area (TPSA) is 76.7 Å². The van der Waals surface area contributed by atoms with Crippen LogP contribution in [0, 0.1) is 13.8 Å². The van der Waals surface area contributed by atoms with Gasteiger partial charge in [-0.25, -0.2) is 9.59 Å². The Labute approximate surface area is 156 Å². The Hall–Kier alpha value is -2.08. The van der Waals surface area contributed by atoms with Crippen molar-refractivity contribution in [3.63, 3.8) is 0 Å². The van der Waals surface area contributed by atoms with Crippen LogP contribution < -0.4 is 10.6 Å². The first kappa shape index (κ1) is 22.0. The van der Waals surface area contributed by atoms with Crippen LogP contribution in [0.4, 0.5) is 10.5 Å². The molecule has 0 aliphatic rings. The summed E-state index contributed by atoms with van der Waals surface area (Å²) >= 11 is 0. The predicted octanol–water partition coefficient (Wildman–Crippen LogP) is 3.95. The molecule has 0 aliphatic heterocycles. The SMILES string of the molecule is Cc1cccc(C)c1NC(=O)NC(COC(C)(C)C)C(=O)OC(C)(C)C. The summed E-state index contributed by atoms with van der Waals surface area (Å²) in [6.45, 7) is 14.9. The second kappa shape index (κ2) is 8.54. The first-order valence-corrected chi connectivity index (χ1v) is 8.79. The molecular weight excluding hydrogens is 332 g/mol. The molecule has 1 aromatic carbocycles. The molecular formula is C20H32N2O4. The zero-order chi connectivity index (χ0) is 20.1. The van der Waals surface area contributed by atoms with E-state index in [2.05, 4.69) is 10.6 Å². The Kier molecular flexibility index (Phi) is 7.21. The van der Waals surface area contributed by atoms with Crippen molar-refractivity contribution in [3.05, 3.63) is 29.3 Å². The van der Waals surface area contributed by atoms with Gasteiger partial charge in [0.05, 0.1) is 12.2 Å². The van der Waals surface area contributed by atoms with Crippen molar-refractivity contribution in [2.24, 2.45) is 0 Å². The smallest absolute Gasteiger partial charge is 0.331 e. The number of esters is 1. The summed E-state index contributed by atoms with van der Waals surface area (Å²) in [6, 6.07) is 4.37. The van der Waals surface area contributed by atoms with E-state index in [4.69, 9.17) is 9.47 Å². The highest BCUT2D eigenvalue weighted by molar-refractivity contribution is 5.93. The number of ether oxygens (including phenoxy) is 2. The minimum absolute atomic E-state index is 0.0264. The van der Waals surface area contributed by atoms with E-state index >= 15 is 0 Å². The highest BCUT2D eigenvalue weighted by Crippen LogP contribution is 2.19. The first-order chi connectivity index (χ1) is 11.8. The monoisotopic (exact) mass is 364 g/mol. The standard InChI is InChI=1S/C20H32N2O4/c1-13-10-9-11-14(2)16(13)22-18(24)21-15(12-25-19(3,4)5)17(23)26-20(6,7)8/h9-11,15H,12H2,1-8H3,(H2,21,22,24). The van der Waals surface area contributed by atoms with E-state index in [1.54, 1.807) is 20.8 Å². The Morgan fingerprint density at radius 1 is 1.00 bits per heavy atom. The minimum Gasteiger partial charge on any atom is -0.458 e. The Morgan fingerprint density at radius 2 is 1.54 bits per heavy atom. The minimum atomic E-state index is -0.905. The van der Waals surface area contributed by atoms with Crippen LogP contribution in [0.2, 0.25) is 0 Å². The van der Waals surface area contributed by atoms with E-state index in [9.17, 15) is 9.59 Å². The van der Waals surface area contributed by atoms with E-state index in [0.29, 0.717) is 0 Å². The third kappa shape index (κ3) is 7.87. The van der Waals surface area contributed by atoms with Crippen molar-refractivity contribution in [3.8, 4) is 0 Å². The molecule has 6 heteroatoms. The molecule has 1 atom stereocenters. The zero-order valence-electron chi connectivity index (χ0n) is 17.1. The molecule has 0 fully saturated rings. The summed E-state index contributed by atoms with van der Waals surface area (Å²) < 4.78 is 11.1. The molecule has 6 nitrogen and oxygen atoms in total. The van der Waals surface area contributed by atoms with Crippen LogP contribution in [0.1, 0.15) is 52.7 Å². The van der Waals surface area contributed by atoms with Crippen molar-refractivity contribution < 1.29 is 19.1 Å². The quantitative estimate of drug-likeness (QED) is 0.776. The molecule has 1 aromatic rings. The van der Waals surface area contributed by atoms with Gasteiger partial charge < -0.3 is 20.1 Å². The molecule has 0 saturated carbocycles. The van der Waals surface area contributed by atoms with Gasteiger partial charge in [-0.2, -0.15) is 0 Å². The van der Waals surface area contributed by atoms with Gasteiger partial charge in [0.25, 0.3) is 0 Å². The zero-order valence-corrected chi connectivity index (χ0v) is 17.1. The fourth-order valence-corrected chi connectivity index (χ4v) is 2.19. The number of benzene rings is 1. The van der Waals surface area contributed by atoms with E-state index < -0.39 is 29.2 Å². The summed E-state index contributed by atoms with van der Waals surface area (Å²) in [5, 5.41) is 5.48. The van der Waals surface area contributed by atoms with Gasteiger partial charge in [-0.05, 0) is 66.5 Å². The van der Waals surface area contributed by atoms with Gasteiger partial charge in [-0.15, -0.1) is 0 Å². The lowest BCUT2D eigenvalue weighted by atomic mass is 10.1. The largest absolute Gasteiger partial charge is 0.458 e. The maximum Gasteiger partial charge on any atom is 0.331 e. The molecule has 0 aromatic heterocycles. The normalized spacial score (nSPS) is 13.1. The molecule has 0 bridgehead atoms. The highest BCUT2D eigenvalue weighted by atomic mass is 16.6. The van der Waals surface area contributed by atoms with Gasteiger partial charge in [0, 0.05) is 5.69 Å². The number of hydrogen-bond donors (Lipinski definition) is 2. The number of carbonyl (C=O) groups is 2. The first-order valence-electron chi connectivity index (χ1n) is 8.79. The van der Waals surface area contributed by atoms with Crippen LogP contribution in [-0.4, -0.2) is 35.9 Å². The Morgan fingerprint density at radius 3 is 2.00 bits per heavy atom. The van der Waals surface area contributed by atoms with Gasteiger partial charge in [0.15, 0.2) is 6.04 Å². The number of nitrogens with one attached hydrogen (secondary N) is 2. The van der Waals surface area contributed by atoms with Crippen molar-refractivity contribution in [1.82, 2.24) is 5.32 Å². The van der Waals surface area contributed by atoms with E-state index in [1.165, 1.54) is 0 Å². The van der Waals surface area contributed by atoms with Crippen LogP contribution in [0.3, 0.4) is 0 Å². The number of hydrogen-bond acceptors (Lipinski definition) is 4. The van der Waals surface area contributed by atoms with Crippen molar-refractivity contribution >= 4 is 17.7 Å². The lowest BCUT2D eigenvalue weighted by molar-refractivity contribution is -0.160. The van der Waals surface area contributed by atoms with Gasteiger partial charge in [-0.1, -0.05) is 18.2 Å². The summed E-state index contributed by atoms with van der Waals surface area (Å²) in [5.41, 5.74) is 1.52. The fraction of sp³-hybridized carbons (Fsp3) is 0.600. The van der Waals surface area contributed by atoms with Crippen molar-refractivity contribution in [1.29, 1.82) is 0 Å². The molecule has 0 aliphatic carbocycles. The second-order valence-corrected chi connectivity index (χ2v) is 8.37. The fourth-order valence-electron chi connectivity index (χ4n) is 2.19. The summed E-state index contributed by atoms with van der Waals surface area (Å²) in [7, 11) is 0. The molecule has 2 amide bonds. The maximum atomic E-state index is 12.5. The Balaban J connectivity index is 2.86. The van der Waals surface area contributed by atoms with Gasteiger partial charge in [0.1, 0.15) is 5.60 Å². The molecule has 146 valence electrons. The number of carbonyl (C=O) groups excluding carboxylic acids is 2. The second-order valence-electron chi connectivity index (χ2n) is 8.37. The van der Waals surface area contributed by atoms with E-state index in [1.807, 2.05) is 52.8 Å². The lowest BCUT2D eigenvalue weighted by Crippen LogP contribution is -2.49. The van der Waals surface area contributed by atoms with Crippen LogP contribution in [0.15, 0.2) is 18.2 Å². The predicted molar refractivity (Wildman–Crippen MR) is 103 cm³/mol. The maximum absolute atomic E-state index is 12.5. The van der Waals surface area contributed by atoms with Crippen molar-refractivity contribution in [2.75, 3.05) is 11.9 Å². The Bertz CT molecular complexity index is 622. The molecule has 0 heterocycles. The average molecular weight is 364 g/mol. The summed E-state index contributed by atoms with van der Waals surface area (Å²) in [4.78, 5) is 24.9. The molecule has 2 N–H and O–H groups in total. The molecule has 1 unspecified atom stereocenters. The van der Waals surface area contributed by atoms with Crippen molar-refractivity contribution in [2.45, 2.75) is 72.6 Å². The van der Waals surface area contributed by atoms with Crippen LogP contribution >= 0.6 is 0 Å². The summed E-state index contributed by atoms with van der Waals surface area (Å²) in [6.07, 6.45) is 0. The molecule has 1 rings (SSSR count). The van der Waals surface area contributed by atoms with Crippen LogP contribution in [-0.2, 0) is 14.3 Å². The van der Waals surface area contributed by atoms with Gasteiger partial charge >= 0.3 is 12.0 Å². The number of urea groups is 1. The third-order valence-electron chi connectivity index (χ3n) is 3.40. The van der Waals surface area contributed by atoms with Gasteiger partial charge in [-0.3, -0.25) is 0 Å². The number of para-hydroxylation sites is 1. The van der Waals surface area contributed by atoms with Gasteiger partial charge in [0.2, 0.25) is 0 Å². The molecule has 26 heavy (non-hydrogen) atoms. The van der Waals surface area contributed by atoms with Crippen LogP contribution in [0.5, 0.6) is 0 Å². The third-order valence-corrected chi connectivity index (χ3v) is 3.40.